The second-order valence-corrected chi connectivity index (χ2v) is 4.22. The maximum absolute atomic E-state index is 11.5. The van der Waals surface area contributed by atoms with E-state index in [9.17, 15) is 9.59 Å². The standard InChI is InChI=1S/C11H14N2O4S/c1-18-9-5-3-2-4-7(9)12-11(17)13-8(6-14)10(15)16/h2-5,8,14H,6H2,1H3,(H,15,16)(H2,12,13,17)/t8-/m0/s1. The third-order valence-electron chi connectivity index (χ3n) is 2.14. The molecule has 18 heavy (non-hydrogen) atoms. The molecule has 1 rings (SSSR count). The minimum Gasteiger partial charge on any atom is -0.480 e. The van der Waals surface area contributed by atoms with E-state index < -0.39 is 24.6 Å². The lowest BCUT2D eigenvalue weighted by Gasteiger charge is -2.14. The lowest BCUT2D eigenvalue weighted by Crippen LogP contribution is -2.45. The van der Waals surface area contributed by atoms with Gasteiger partial charge in [-0.2, -0.15) is 0 Å². The fraction of sp³-hybridized carbons (Fsp3) is 0.273. The zero-order chi connectivity index (χ0) is 13.5. The van der Waals surface area contributed by atoms with Crippen molar-refractivity contribution in [2.45, 2.75) is 10.9 Å². The van der Waals surface area contributed by atoms with E-state index in [0.717, 1.165) is 4.90 Å². The van der Waals surface area contributed by atoms with Crippen LogP contribution in [-0.4, -0.2) is 41.1 Å². The van der Waals surface area contributed by atoms with Gasteiger partial charge >= 0.3 is 12.0 Å². The lowest BCUT2D eigenvalue weighted by atomic mass is 10.3. The Bertz CT molecular complexity index is 439. The van der Waals surface area contributed by atoms with Gasteiger partial charge in [0.2, 0.25) is 0 Å². The van der Waals surface area contributed by atoms with Gasteiger partial charge in [0.05, 0.1) is 12.3 Å². The smallest absolute Gasteiger partial charge is 0.328 e. The number of carboxylic acid groups (broad SMARTS) is 1. The predicted molar refractivity (Wildman–Crippen MR) is 68.9 cm³/mol. The van der Waals surface area contributed by atoms with Crippen molar-refractivity contribution in [1.29, 1.82) is 0 Å². The van der Waals surface area contributed by atoms with Gasteiger partial charge < -0.3 is 20.8 Å². The topological polar surface area (TPSA) is 98.7 Å². The molecule has 0 heterocycles. The molecule has 2 amide bonds. The fourth-order valence-electron chi connectivity index (χ4n) is 1.25. The number of thioether (sulfide) groups is 1. The van der Waals surface area contributed by atoms with Crippen molar-refractivity contribution in [2.24, 2.45) is 0 Å². The summed E-state index contributed by atoms with van der Waals surface area (Å²) in [5, 5.41) is 22.2. The van der Waals surface area contributed by atoms with Gasteiger partial charge in [-0.25, -0.2) is 9.59 Å². The van der Waals surface area contributed by atoms with Gasteiger partial charge in [-0.1, -0.05) is 12.1 Å². The number of anilines is 1. The van der Waals surface area contributed by atoms with Crippen LogP contribution in [-0.2, 0) is 4.79 Å². The molecule has 6 nitrogen and oxygen atoms in total. The molecule has 4 N–H and O–H groups in total. The Morgan fingerprint density at radius 2 is 2.06 bits per heavy atom. The summed E-state index contributed by atoms with van der Waals surface area (Å²) in [5.41, 5.74) is 0.588. The van der Waals surface area contributed by atoms with Crippen LogP contribution in [0.25, 0.3) is 0 Å². The molecule has 0 bridgehead atoms. The molecule has 1 atom stereocenters. The first-order valence-electron chi connectivity index (χ1n) is 5.12. The molecule has 0 aliphatic heterocycles. The first kappa shape index (κ1) is 14.3. The van der Waals surface area contributed by atoms with Crippen LogP contribution in [0, 0.1) is 0 Å². The predicted octanol–water partition coefficient (Wildman–Crippen LogP) is 0.976. The first-order chi connectivity index (χ1) is 8.58. The summed E-state index contributed by atoms with van der Waals surface area (Å²) < 4.78 is 0. The number of carboxylic acids is 1. The number of aliphatic hydroxyl groups excluding tert-OH is 1. The Balaban J connectivity index is 2.67. The van der Waals surface area contributed by atoms with Gasteiger partial charge in [0.15, 0.2) is 6.04 Å². The Kier molecular flexibility index (Phi) is 5.47. The van der Waals surface area contributed by atoms with Gasteiger partial charge in [0.25, 0.3) is 0 Å². The normalized spacial score (nSPS) is 11.7. The highest BCUT2D eigenvalue weighted by atomic mass is 32.2. The van der Waals surface area contributed by atoms with Crippen LogP contribution < -0.4 is 10.6 Å². The number of hydrogen-bond acceptors (Lipinski definition) is 4. The highest BCUT2D eigenvalue weighted by molar-refractivity contribution is 7.98. The maximum Gasteiger partial charge on any atom is 0.328 e. The van der Waals surface area contributed by atoms with Gasteiger partial charge in [-0.15, -0.1) is 11.8 Å². The van der Waals surface area contributed by atoms with Crippen LogP contribution in [0.3, 0.4) is 0 Å². The van der Waals surface area contributed by atoms with Gasteiger partial charge in [0, 0.05) is 4.90 Å². The number of nitrogens with one attached hydrogen (secondary N) is 2. The number of aliphatic hydroxyl groups is 1. The number of benzene rings is 1. The van der Waals surface area contributed by atoms with Crippen molar-refractivity contribution < 1.29 is 19.8 Å². The fourth-order valence-corrected chi connectivity index (χ4v) is 1.80. The molecule has 0 aliphatic rings. The van der Waals surface area contributed by atoms with Crippen molar-refractivity contribution >= 4 is 29.4 Å². The van der Waals surface area contributed by atoms with Crippen molar-refractivity contribution in [3.8, 4) is 0 Å². The molecule has 7 heteroatoms. The zero-order valence-corrected chi connectivity index (χ0v) is 10.5. The highest BCUT2D eigenvalue weighted by Gasteiger charge is 2.18. The molecule has 0 aliphatic carbocycles. The van der Waals surface area contributed by atoms with Crippen molar-refractivity contribution in [3.05, 3.63) is 24.3 Å². The summed E-state index contributed by atoms with van der Waals surface area (Å²) in [6.07, 6.45) is 1.87. The van der Waals surface area contributed by atoms with E-state index in [4.69, 9.17) is 10.2 Å². The summed E-state index contributed by atoms with van der Waals surface area (Å²) >= 11 is 1.46. The van der Waals surface area contributed by atoms with Crippen LogP contribution >= 0.6 is 11.8 Å². The maximum atomic E-state index is 11.5. The number of amides is 2. The summed E-state index contributed by atoms with van der Waals surface area (Å²) in [5.74, 6) is -1.29. The van der Waals surface area contributed by atoms with Gasteiger partial charge in [-0.3, -0.25) is 0 Å². The van der Waals surface area contributed by atoms with Crippen LogP contribution in [0.15, 0.2) is 29.2 Å². The van der Waals surface area contributed by atoms with E-state index >= 15 is 0 Å². The van der Waals surface area contributed by atoms with Crippen molar-refractivity contribution in [1.82, 2.24) is 5.32 Å². The quantitative estimate of drug-likeness (QED) is 0.598. The number of carbonyl (C=O) groups is 2. The summed E-state index contributed by atoms with van der Waals surface area (Å²) in [4.78, 5) is 23.0. The van der Waals surface area contributed by atoms with E-state index in [2.05, 4.69) is 10.6 Å². The zero-order valence-electron chi connectivity index (χ0n) is 9.71. The third kappa shape index (κ3) is 3.94. The Morgan fingerprint density at radius 3 is 2.61 bits per heavy atom. The minimum absolute atomic E-state index is 0.588. The summed E-state index contributed by atoms with van der Waals surface area (Å²) in [6.45, 7) is -0.660. The third-order valence-corrected chi connectivity index (χ3v) is 2.94. The molecule has 0 aromatic heterocycles. The number of para-hydroxylation sites is 1. The van der Waals surface area contributed by atoms with E-state index in [1.165, 1.54) is 11.8 Å². The van der Waals surface area contributed by atoms with E-state index in [1.54, 1.807) is 12.1 Å². The molecular weight excluding hydrogens is 256 g/mol. The molecule has 98 valence electrons. The molecule has 0 spiro atoms. The highest BCUT2D eigenvalue weighted by Crippen LogP contribution is 2.24. The molecule has 0 saturated heterocycles. The summed E-state index contributed by atoms with van der Waals surface area (Å²) in [6, 6.07) is 5.16. The first-order valence-corrected chi connectivity index (χ1v) is 6.35. The van der Waals surface area contributed by atoms with Gasteiger partial charge in [-0.05, 0) is 18.4 Å². The summed E-state index contributed by atoms with van der Waals surface area (Å²) in [7, 11) is 0. The Labute approximate surface area is 108 Å². The second kappa shape index (κ2) is 6.87. The number of aliphatic carboxylic acids is 1. The van der Waals surface area contributed by atoms with E-state index in [1.807, 2.05) is 18.4 Å². The Hall–Kier alpha value is -1.73. The minimum atomic E-state index is -1.31. The average molecular weight is 270 g/mol. The molecule has 0 radical (unpaired) electrons. The number of hydrogen-bond donors (Lipinski definition) is 4. The molecule has 0 saturated carbocycles. The average Bonchev–Trinajstić information content (AvgIpc) is 2.36. The molecule has 0 unspecified atom stereocenters. The molecular formula is C11H14N2O4S. The van der Waals surface area contributed by atoms with Crippen molar-refractivity contribution in [3.63, 3.8) is 0 Å². The molecule has 1 aromatic carbocycles. The van der Waals surface area contributed by atoms with Crippen LogP contribution in [0.5, 0.6) is 0 Å². The lowest BCUT2D eigenvalue weighted by molar-refractivity contribution is -0.140. The van der Waals surface area contributed by atoms with Crippen LogP contribution in [0.2, 0.25) is 0 Å². The largest absolute Gasteiger partial charge is 0.480 e. The SMILES string of the molecule is CSc1ccccc1NC(=O)N[C@@H](CO)C(=O)O. The number of rotatable bonds is 5. The number of carbonyl (C=O) groups excluding carboxylic acids is 1. The second-order valence-electron chi connectivity index (χ2n) is 3.37. The monoisotopic (exact) mass is 270 g/mol. The van der Waals surface area contributed by atoms with Gasteiger partial charge in [0.1, 0.15) is 0 Å². The number of urea groups is 1. The van der Waals surface area contributed by atoms with E-state index in [-0.39, 0.29) is 0 Å². The van der Waals surface area contributed by atoms with Crippen molar-refractivity contribution in [2.75, 3.05) is 18.2 Å². The van der Waals surface area contributed by atoms with E-state index in [0.29, 0.717) is 5.69 Å². The molecule has 0 fully saturated rings. The molecule has 1 aromatic rings. The van der Waals surface area contributed by atoms with Crippen LogP contribution in [0.1, 0.15) is 0 Å². The van der Waals surface area contributed by atoms with Crippen LogP contribution in [0.4, 0.5) is 10.5 Å². The Morgan fingerprint density at radius 1 is 1.39 bits per heavy atom.